The van der Waals surface area contributed by atoms with Gasteiger partial charge in [-0.1, -0.05) is 30.7 Å². The number of likely N-dealkylation sites (tertiary alicyclic amines) is 1. The van der Waals surface area contributed by atoms with E-state index < -0.39 is 22.8 Å². The number of pyridine rings is 2. The molecule has 0 spiro atoms. The highest BCUT2D eigenvalue weighted by atomic mass is 32.2. The first-order valence-corrected chi connectivity index (χ1v) is 17.4. The first-order chi connectivity index (χ1) is 25.7. The summed E-state index contributed by atoms with van der Waals surface area (Å²) in [5.41, 5.74) is 0.0382. The average Bonchev–Trinajstić information content (AvgIpc) is 3.17. The molecule has 5 heterocycles. The number of hydrogen-bond acceptors (Lipinski definition) is 13. The summed E-state index contributed by atoms with van der Waals surface area (Å²) < 4.78 is 45.9. The van der Waals surface area contributed by atoms with Crippen molar-refractivity contribution in [3.63, 3.8) is 0 Å². The third-order valence-corrected chi connectivity index (χ3v) is 8.81. The SMILES string of the molecule is COOSc1ncc2cc(Oc3ccccc3F)c(=O)n(C)c2n1.Cn1c(=O)c(Oc2ccccc2F)cc2cnc(NCCN3CCCCC3)nc21. The molecule has 2 aromatic carbocycles. The Morgan fingerprint density at radius 2 is 1.30 bits per heavy atom. The summed E-state index contributed by atoms with van der Waals surface area (Å²) >= 11 is 0.818. The summed E-state index contributed by atoms with van der Waals surface area (Å²) in [6, 6.07) is 14.8. The first-order valence-electron chi connectivity index (χ1n) is 16.6. The van der Waals surface area contributed by atoms with Gasteiger partial charge in [-0.05, 0) is 62.3 Å². The minimum atomic E-state index is -0.556. The zero-order valence-electron chi connectivity index (χ0n) is 29.1. The van der Waals surface area contributed by atoms with Crippen LogP contribution in [0.1, 0.15) is 19.3 Å². The van der Waals surface area contributed by atoms with E-state index in [2.05, 4.69) is 35.0 Å². The van der Waals surface area contributed by atoms with Crippen LogP contribution in [0, 0.1) is 11.6 Å². The number of nitrogens with one attached hydrogen (secondary N) is 1. The number of fused-ring (bicyclic) bond motifs is 2. The summed E-state index contributed by atoms with van der Waals surface area (Å²) in [5, 5.41) is 4.71. The van der Waals surface area contributed by atoms with E-state index in [-0.39, 0.29) is 28.2 Å². The lowest BCUT2D eigenvalue weighted by Gasteiger charge is -2.26. The normalized spacial score (nSPS) is 13.1. The zero-order chi connectivity index (χ0) is 37.3. The van der Waals surface area contributed by atoms with Crippen LogP contribution in [0.5, 0.6) is 23.0 Å². The molecule has 0 bridgehead atoms. The van der Waals surface area contributed by atoms with Gasteiger partial charge in [0.15, 0.2) is 34.6 Å². The molecule has 1 fully saturated rings. The number of nitrogens with zero attached hydrogens (tertiary/aromatic N) is 7. The van der Waals surface area contributed by atoms with Crippen LogP contribution in [0.2, 0.25) is 0 Å². The Morgan fingerprint density at radius 1 is 0.755 bits per heavy atom. The highest BCUT2D eigenvalue weighted by Gasteiger charge is 2.15. The van der Waals surface area contributed by atoms with E-state index >= 15 is 0 Å². The fourth-order valence-electron chi connectivity index (χ4n) is 5.56. The van der Waals surface area contributed by atoms with E-state index in [1.165, 1.54) is 85.1 Å². The van der Waals surface area contributed by atoms with Crippen LogP contribution in [-0.4, -0.2) is 67.3 Å². The quantitative estimate of drug-likeness (QED) is 0.0716. The van der Waals surface area contributed by atoms with Crippen LogP contribution in [0.4, 0.5) is 14.7 Å². The summed E-state index contributed by atoms with van der Waals surface area (Å²) in [4.78, 5) is 49.1. The van der Waals surface area contributed by atoms with Crippen molar-refractivity contribution >= 4 is 40.1 Å². The van der Waals surface area contributed by atoms with E-state index in [9.17, 15) is 18.4 Å². The average molecular weight is 747 g/mol. The number of piperidine rings is 1. The molecule has 1 aliphatic rings. The molecule has 0 aliphatic carbocycles. The molecule has 6 aromatic rings. The van der Waals surface area contributed by atoms with Crippen molar-refractivity contribution in [3.05, 3.63) is 105 Å². The monoisotopic (exact) mass is 746 g/mol. The van der Waals surface area contributed by atoms with E-state index in [0.717, 1.165) is 38.2 Å². The molecule has 7 rings (SSSR count). The maximum Gasteiger partial charge on any atom is 0.294 e. The second-order valence-corrected chi connectivity index (χ2v) is 12.5. The molecule has 4 aromatic heterocycles. The molecule has 276 valence electrons. The lowest BCUT2D eigenvalue weighted by Crippen LogP contribution is -2.33. The van der Waals surface area contributed by atoms with E-state index in [1.54, 1.807) is 37.5 Å². The van der Waals surface area contributed by atoms with Crippen LogP contribution < -0.4 is 25.9 Å². The summed E-state index contributed by atoms with van der Waals surface area (Å²) in [6.45, 7) is 3.96. The molecule has 0 saturated carbocycles. The minimum Gasteiger partial charge on any atom is -0.448 e. The maximum atomic E-state index is 13.9. The number of para-hydroxylation sites is 2. The van der Waals surface area contributed by atoms with Crippen LogP contribution >= 0.6 is 12.0 Å². The molecule has 1 aliphatic heterocycles. The van der Waals surface area contributed by atoms with Crippen molar-refractivity contribution in [1.82, 2.24) is 34.0 Å². The number of aromatic nitrogens is 6. The van der Waals surface area contributed by atoms with Gasteiger partial charge in [-0.3, -0.25) is 18.7 Å². The number of rotatable bonds is 11. The number of halogens is 2. The van der Waals surface area contributed by atoms with Crippen LogP contribution in [0.25, 0.3) is 22.1 Å². The molecule has 53 heavy (non-hydrogen) atoms. The van der Waals surface area contributed by atoms with Gasteiger partial charge in [0.2, 0.25) is 11.1 Å². The summed E-state index contributed by atoms with van der Waals surface area (Å²) in [6.07, 6.45) is 6.97. The molecule has 0 unspecified atom stereocenters. The van der Waals surface area contributed by atoms with Gasteiger partial charge < -0.3 is 19.7 Å². The Bertz CT molecular complexity index is 2340. The second-order valence-electron chi connectivity index (χ2n) is 11.9. The number of hydrogen-bond donors (Lipinski definition) is 1. The second kappa shape index (κ2) is 17.4. The summed E-state index contributed by atoms with van der Waals surface area (Å²) in [5.74, 6) is -0.631. The number of benzene rings is 2. The van der Waals surface area contributed by atoms with Crippen LogP contribution in [0.3, 0.4) is 0 Å². The molecular formula is C36H36F2N8O6S. The van der Waals surface area contributed by atoms with E-state index in [0.29, 0.717) is 28.0 Å². The van der Waals surface area contributed by atoms with Gasteiger partial charge in [0.1, 0.15) is 23.3 Å². The van der Waals surface area contributed by atoms with Crippen molar-refractivity contribution in [2.24, 2.45) is 14.1 Å². The zero-order valence-corrected chi connectivity index (χ0v) is 29.9. The van der Waals surface area contributed by atoms with Gasteiger partial charge in [-0.2, -0.15) is 9.32 Å². The lowest BCUT2D eigenvalue weighted by molar-refractivity contribution is -0.160. The van der Waals surface area contributed by atoms with Crippen LogP contribution in [-0.2, 0) is 23.3 Å². The van der Waals surface area contributed by atoms with Gasteiger partial charge in [-0.15, -0.1) is 0 Å². The minimum absolute atomic E-state index is 0.000804. The van der Waals surface area contributed by atoms with E-state index in [1.807, 2.05) is 0 Å². The summed E-state index contributed by atoms with van der Waals surface area (Å²) in [7, 11) is 4.51. The highest BCUT2D eigenvalue weighted by molar-refractivity contribution is 7.94. The Labute approximate surface area is 306 Å². The third kappa shape index (κ3) is 9.12. The molecular weight excluding hydrogens is 711 g/mol. The van der Waals surface area contributed by atoms with E-state index in [4.69, 9.17) is 13.8 Å². The van der Waals surface area contributed by atoms with Crippen LogP contribution in [0.15, 0.2) is 87.8 Å². The molecule has 14 nitrogen and oxygen atoms in total. The van der Waals surface area contributed by atoms with Gasteiger partial charge in [0.05, 0.1) is 7.11 Å². The Balaban J connectivity index is 0.000000185. The smallest absolute Gasteiger partial charge is 0.294 e. The largest absolute Gasteiger partial charge is 0.448 e. The number of aryl methyl sites for hydroxylation is 2. The molecule has 17 heteroatoms. The Kier molecular flexibility index (Phi) is 12.2. The Morgan fingerprint density at radius 3 is 1.87 bits per heavy atom. The van der Waals surface area contributed by atoms with Gasteiger partial charge in [-0.25, -0.2) is 28.6 Å². The third-order valence-electron chi connectivity index (χ3n) is 8.26. The van der Waals surface area contributed by atoms with Crippen molar-refractivity contribution < 1.29 is 27.5 Å². The molecule has 1 saturated heterocycles. The predicted octanol–water partition coefficient (Wildman–Crippen LogP) is 6.00. The fraction of sp³-hybridized carbons (Fsp3) is 0.278. The highest BCUT2D eigenvalue weighted by Crippen LogP contribution is 2.26. The van der Waals surface area contributed by atoms with Crippen molar-refractivity contribution in [3.8, 4) is 23.0 Å². The lowest BCUT2D eigenvalue weighted by atomic mass is 10.1. The predicted molar refractivity (Wildman–Crippen MR) is 195 cm³/mol. The van der Waals surface area contributed by atoms with Gasteiger partial charge >= 0.3 is 0 Å². The molecule has 0 amide bonds. The molecule has 0 atom stereocenters. The van der Waals surface area contributed by atoms with Crippen molar-refractivity contribution in [2.75, 3.05) is 38.6 Å². The number of ether oxygens (including phenoxy) is 2. The number of anilines is 1. The topological polar surface area (TPSA) is 148 Å². The fourth-order valence-corrected chi connectivity index (χ4v) is 5.90. The van der Waals surface area contributed by atoms with Gasteiger partial charge in [0, 0.05) is 50.4 Å². The maximum absolute atomic E-state index is 13.9. The van der Waals surface area contributed by atoms with Crippen molar-refractivity contribution in [2.45, 2.75) is 24.4 Å². The Hall–Kier alpha value is -5.49. The first kappa shape index (κ1) is 37.3. The molecule has 1 N–H and O–H groups in total. The standard InChI is InChI=1S/C21H24FN5O2.C15H12FN3O4S/c1-26-19-15(13-18(20(26)28)29-17-8-4-3-7-16(17)22)14-24-21(25-19)23-9-12-27-10-5-2-6-11-27;1-19-13-9(8-17-15(18-13)24-23-21-2)7-12(14(19)20)22-11-6-4-3-5-10(11)16/h3-4,7-8,13-14H,2,5-6,9-12H2,1H3,(H,23,24,25);3-8H,1-2H3. The van der Waals surface area contributed by atoms with Crippen molar-refractivity contribution in [1.29, 1.82) is 0 Å². The van der Waals surface area contributed by atoms with Gasteiger partial charge in [0.25, 0.3) is 11.1 Å². The molecule has 0 radical (unpaired) electrons.